The van der Waals surface area contributed by atoms with Crippen LogP contribution in [0.25, 0.3) is 0 Å². The van der Waals surface area contributed by atoms with Crippen LogP contribution in [0.3, 0.4) is 0 Å². The number of aromatic nitrogens is 1. The van der Waals surface area contributed by atoms with Gasteiger partial charge in [-0.1, -0.05) is 6.92 Å². The molecular formula is C12H21N3O2S. The zero-order valence-corrected chi connectivity index (χ0v) is 11.7. The molecule has 1 aromatic rings. The molecule has 1 heterocycles. The van der Waals surface area contributed by atoms with Gasteiger partial charge >= 0.3 is 0 Å². The van der Waals surface area contributed by atoms with E-state index in [4.69, 9.17) is 5.84 Å². The standard InChI is InChI=1S/C12H21N3O2S/c1-3-10-9-14-7-6-11(10)12(15-13)5-4-8-18(2,16)17/h6-7,9,12,15H,3-5,8,13H2,1-2H3. The van der Waals surface area contributed by atoms with E-state index in [0.717, 1.165) is 17.5 Å². The number of hydrogen-bond donors (Lipinski definition) is 2. The summed E-state index contributed by atoms with van der Waals surface area (Å²) in [4.78, 5) is 4.09. The summed E-state index contributed by atoms with van der Waals surface area (Å²) in [7, 11) is -2.91. The Morgan fingerprint density at radius 1 is 1.50 bits per heavy atom. The molecule has 0 aliphatic heterocycles. The minimum atomic E-state index is -2.91. The molecule has 3 N–H and O–H groups in total. The molecule has 0 saturated heterocycles. The summed E-state index contributed by atoms with van der Waals surface area (Å²) in [6, 6.07) is 1.91. The predicted molar refractivity (Wildman–Crippen MR) is 72.6 cm³/mol. The van der Waals surface area contributed by atoms with Crippen molar-refractivity contribution in [2.45, 2.75) is 32.2 Å². The first-order valence-corrected chi connectivity index (χ1v) is 8.10. The summed E-state index contributed by atoms with van der Waals surface area (Å²) in [6.45, 7) is 2.06. The van der Waals surface area contributed by atoms with Crippen molar-refractivity contribution in [1.29, 1.82) is 0 Å². The maximum absolute atomic E-state index is 11.1. The Morgan fingerprint density at radius 2 is 2.22 bits per heavy atom. The number of nitrogens with two attached hydrogens (primary N) is 1. The summed E-state index contributed by atoms with van der Waals surface area (Å²) < 4.78 is 22.2. The van der Waals surface area contributed by atoms with Gasteiger partial charge < -0.3 is 0 Å². The quantitative estimate of drug-likeness (QED) is 0.570. The fraction of sp³-hybridized carbons (Fsp3) is 0.583. The van der Waals surface area contributed by atoms with Crippen LogP contribution in [0.1, 0.15) is 36.9 Å². The summed E-state index contributed by atoms with van der Waals surface area (Å²) in [5.41, 5.74) is 5.00. The van der Waals surface area contributed by atoms with Gasteiger partial charge in [-0.2, -0.15) is 0 Å². The van der Waals surface area contributed by atoms with Crippen molar-refractivity contribution < 1.29 is 8.42 Å². The normalized spacial score (nSPS) is 13.5. The van der Waals surface area contributed by atoms with E-state index in [9.17, 15) is 8.42 Å². The monoisotopic (exact) mass is 271 g/mol. The smallest absolute Gasteiger partial charge is 0.147 e. The average Bonchev–Trinajstić information content (AvgIpc) is 2.33. The topological polar surface area (TPSA) is 85.1 Å². The Hall–Kier alpha value is -0.980. The van der Waals surface area contributed by atoms with E-state index in [0.29, 0.717) is 12.8 Å². The second-order valence-electron chi connectivity index (χ2n) is 4.42. The largest absolute Gasteiger partial charge is 0.271 e. The van der Waals surface area contributed by atoms with Gasteiger partial charge in [-0.3, -0.25) is 16.3 Å². The molecule has 1 atom stereocenters. The lowest BCUT2D eigenvalue weighted by Gasteiger charge is -2.18. The van der Waals surface area contributed by atoms with Crippen molar-refractivity contribution in [3.05, 3.63) is 29.6 Å². The number of rotatable bonds is 7. The zero-order chi connectivity index (χ0) is 13.6. The van der Waals surface area contributed by atoms with Crippen LogP contribution in [-0.2, 0) is 16.3 Å². The van der Waals surface area contributed by atoms with E-state index in [1.165, 1.54) is 6.26 Å². The lowest BCUT2D eigenvalue weighted by molar-refractivity contribution is 0.504. The molecule has 6 heteroatoms. The van der Waals surface area contributed by atoms with E-state index in [1.807, 2.05) is 12.3 Å². The van der Waals surface area contributed by atoms with E-state index in [1.54, 1.807) is 6.20 Å². The van der Waals surface area contributed by atoms with E-state index < -0.39 is 9.84 Å². The van der Waals surface area contributed by atoms with E-state index in [-0.39, 0.29) is 11.8 Å². The van der Waals surface area contributed by atoms with Gasteiger partial charge in [0.1, 0.15) is 9.84 Å². The Kier molecular flexibility index (Phi) is 5.71. The molecule has 0 aromatic carbocycles. The minimum absolute atomic E-state index is 0.0234. The van der Waals surface area contributed by atoms with Gasteiger partial charge in [0.2, 0.25) is 0 Å². The average molecular weight is 271 g/mol. The first-order valence-electron chi connectivity index (χ1n) is 6.04. The van der Waals surface area contributed by atoms with Crippen molar-refractivity contribution in [2.24, 2.45) is 5.84 Å². The van der Waals surface area contributed by atoms with Crippen LogP contribution in [0.2, 0.25) is 0 Å². The molecule has 0 saturated carbocycles. The molecule has 0 radical (unpaired) electrons. The Balaban J connectivity index is 2.71. The maximum atomic E-state index is 11.1. The molecule has 5 nitrogen and oxygen atoms in total. The van der Waals surface area contributed by atoms with Crippen LogP contribution >= 0.6 is 0 Å². The van der Waals surface area contributed by atoms with Gasteiger partial charge in [0, 0.05) is 30.4 Å². The highest BCUT2D eigenvalue weighted by atomic mass is 32.2. The molecule has 1 aromatic heterocycles. The van der Waals surface area contributed by atoms with Gasteiger partial charge in [0.05, 0.1) is 0 Å². The van der Waals surface area contributed by atoms with Crippen LogP contribution in [0.5, 0.6) is 0 Å². The molecule has 18 heavy (non-hydrogen) atoms. The third kappa shape index (κ3) is 4.72. The van der Waals surface area contributed by atoms with Gasteiger partial charge in [0.15, 0.2) is 0 Å². The number of nitrogens with one attached hydrogen (secondary N) is 1. The summed E-state index contributed by atoms with van der Waals surface area (Å²) in [5.74, 6) is 5.75. The predicted octanol–water partition coefficient (Wildman–Crippen LogP) is 0.973. The number of nitrogens with zero attached hydrogens (tertiary/aromatic N) is 1. The zero-order valence-electron chi connectivity index (χ0n) is 10.9. The lowest BCUT2D eigenvalue weighted by Crippen LogP contribution is -2.29. The number of pyridine rings is 1. The van der Waals surface area contributed by atoms with Crippen molar-refractivity contribution in [3.8, 4) is 0 Å². The molecule has 102 valence electrons. The van der Waals surface area contributed by atoms with Crippen molar-refractivity contribution in [1.82, 2.24) is 10.4 Å². The van der Waals surface area contributed by atoms with E-state index >= 15 is 0 Å². The number of hydrazine groups is 1. The van der Waals surface area contributed by atoms with Crippen molar-refractivity contribution in [2.75, 3.05) is 12.0 Å². The molecule has 0 aliphatic carbocycles. The molecule has 0 amide bonds. The first kappa shape index (κ1) is 15.1. The highest BCUT2D eigenvalue weighted by Gasteiger charge is 2.14. The Morgan fingerprint density at radius 3 is 2.78 bits per heavy atom. The van der Waals surface area contributed by atoms with E-state index in [2.05, 4.69) is 17.3 Å². The Bertz CT molecular complexity index is 474. The van der Waals surface area contributed by atoms with Crippen LogP contribution in [0.4, 0.5) is 0 Å². The fourth-order valence-electron chi connectivity index (χ4n) is 1.95. The van der Waals surface area contributed by atoms with Crippen LogP contribution in [0, 0.1) is 0 Å². The summed E-state index contributed by atoms with van der Waals surface area (Å²) in [5, 5.41) is 0. The fourth-order valence-corrected chi connectivity index (χ4v) is 2.64. The van der Waals surface area contributed by atoms with Gasteiger partial charge in [-0.05, 0) is 36.5 Å². The number of hydrogen-bond acceptors (Lipinski definition) is 5. The minimum Gasteiger partial charge on any atom is -0.271 e. The lowest BCUT2D eigenvalue weighted by atomic mass is 9.98. The highest BCUT2D eigenvalue weighted by Crippen LogP contribution is 2.21. The Labute approximate surface area is 109 Å². The summed E-state index contributed by atoms with van der Waals surface area (Å²) in [6.07, 6.45) is 6.99. The van der Waals surface area contributed by atoms with Gasteiger partial charge in [-0.15, -0.1) is 0 Å². The summed E-state index contributed by atoms with van der Waals surface area (Å²) >= 11 is 0. The van der Waals surface area contributed by atoms with Gasteiger partial charge in [-0.25, -0.2) is 8.42 Å². The second kappa shape index (κ2) is 6.82. The molecule has 1 unspecified atom stereocenters. The molecule has 1 rings (SSSR count). The van der Waals surface area contributed by atoms with Crippen LogP contribution in [-0.4, -0.2) is 25.4 Å². The first-order chi connectivity index (χ1) is 8.48. The van der Waals surface area contributed by atoms with Crippen LogP contribution < -0.4 is 11.3 Å². The molecular weight excluding hydrogens is 250 g/mol. The van der Waals surface area contributed by atoms with Crippen molar-refractivity contribution >= 4 is 9.84 Å². The van der Waals surface area contributed by atoms with Crippen molar-refractivity contribution in [3.63, 3.8) is 0 Å². The molecule has 0 bridgehead atoms. The van der Waals surface area contributed by atoms with Gasteiger partial charge in [0.25, 0.3) is 0 Å². The third-order valence-electron chi connectivity index (χ3n) is 2.91. The second-order valence-corrected chi connectivity index (χ2v) is 6.68. The highest BCUT2D eigenvalue weighted by molar-refractivity contribution is 7.90. The molecule has 0 aliphatic rings. The third-order valence-corrected chi connectivity index (χ3v) is 3.94. The maximum Gasteiger partial charge on any atom is 0.147 e. The number of aryl methyl sites for hydroxylation is 1. The van der Waals surface area contributed by atoms with Crippen LogP contribution in [0.15, 0.2) is 18.5 Å². The molecule has 0 spiro atoms. The number of sulfone groups is 1. The molecule has 0 fully saturated rings. The SMILES string of the molecule is CCc1cnccc1C(CCCS(C)(=O)=O)NN.